The molecule has 2 rings (SSSR count). The van der Waals surface area contributed by atoms with Crippen molar-refractivity contribution in [1.29, 1.82) is 0 Å². The van der Waals surface area contributed by atoms with E-state index in [-0.39, 0.29) is 0 Å². The first-order valence-corrected chi connectivity index (χ1v) is 4.88. The fourth-order valence-corrected chi connectivity index (χ4v) is 1.75. The highest BCUT2D eigenvalue weighted by Crippen LogP contribution is 2.30. The monoisotopic (exact) mass is 197 g/mol. The molecule has 5 nitrogen and oxygen atoms in total. The smallest absolute Gasteiger partial charge is 0.114 e. The van der Waals surface area contributed by atoms with Crippen molar-refractivity contribution in [2.75, 3.05) is 13.2 Å². The summed E-state index contributed by atoms with van der Waals surface area (Å²) in [6.07, 6.45) is 3.94. The van der Waals surface area contributed by atoms with E-state index in [0.717, 1.165) is 13.0 Å². The second kappa shape index (κ2) is 3.67. The van der Waals surface area contributed by atoms with E-state index in [0.29, 0.717) is 25.1 Å². The topological polar surface area (TPSA) is 60.2 Å². The van der Waals surface area contributed by atoms with Crippen LogP contribution in [0.15, 0.2) is 6.20 Å². The molecular formula is C9H15N3O2. The molecule has 1 fully saturated rings. The molecule has 14 heavy (non-hydrogen) atoms. The Bertz CT molecular complexity index is 303. The van der Waals surface area contributed by atoms with Gasteiger partial charge < -0.3 is 9.84 Å². The summed E-state index contributed by atoms with van der Waals surface area (Å²) >= 11 is 0. The molecule has 0 radical (unpaired) electrons. The molecule has 1 aliphatic rings. The largest absolute Gasteiger partial charge is 0.383 e. The van der Waals surface area contributed by atoms with E-state index >= 15 is 0 Å². The minimum absolute atomic E-state index is 0.590. The van der Waals surface area contributed by atoms with Crippen molar-refractivity contribution < 1.29 is 9.84 Å². The number of aryl methyl sites for hydroxylation is 1. The van der Waals surface area contributed by atoms with Gasteiger partial charge >= 0.3 is 0 Å². The summed E-state index contributed by atoms with van der Waals surface area (Å²) in [6.45, 7) is 1.32. The molecule has 0 amide bonds. The van der Waals surface area contributed by atoms with Gasteiger partial charge in [-0.05, 0) is 12.8 Å². The number of hydrogen-bond acceptors (Lipinski definition) is 4. The standard InChI is InChI=1S/C9H15N3O2/c1-12-7-8(10-11-12)9(13)3-2-5-14-6-4-9/h7,13H,2-6H2,1H3. The van der Waals surface area contributed by atoms with Gasteiger partial charge in [0.2, 0.25) is 0 Å². The maximum atomic E-state index is 10.3. The Hall–Kier alpha value is -0.940. The van der Waals surface area contributed by atoms with Gasteiger partial charge in [-0.25, -0.2) is 0 Å². The Morgan fingerprint density at radius 3 is 3.07 bits per heavy atom. The predicted molar refractivity (Wildman–Crippen MR) is 49.6 cm³/mol. The van der Waals surface area contributed by atoms with Gasteiger partial charge in [0.25, 0.3) is 0 Å². The average Bonchev–Trinajstić information content (AvgIpc) is 2.47. The molecule has 1 unspecified atom stereocenters. The molecule has 1 atom stereocenters. The number of nitrogens with zero attached hydrogens (tertiary/aromatic N) is 3. The van der Waals surface area contributed by atoms with Crippen LogP contribution < -0.4 is 0 Å². The van der Waals surface area contributed by atoms with Crippen LogP contribution in [-0.2, 0) is 17.4 Å². The first-order valence-electron chi connectivity index (χ1n) is 4.88. The molecular weight excluding hydrogens is 182 g/mol. The van der Waals surface area contributed by atoms with E-state index < -0.39 is 5.60 Å². The predicted octanol–water partition coefficient (Wildman–Crippen LogP) is 0.203. The first-order chi connectivity index (χ1) is 6.71. The van der Waals surface area contributed by atoms with Gasteiger partial charge in [0.05, 0.1) is 6.20 Å². The maximum absolute atomic E-state index is 10.3. The lowest BCUT2D eigenvalue weighted by molar-refractivity contribution is 0.0103. The van der Waals surface area contributed by atoms with Gasteiger partial charge in [0.15, 0.2) is 0 Å². The molecule has 0 aliphatic carbocycles. The van der Waals surface area contributed by atoms with Crippen molar-refractivity contribution >= 4 is 0 Å². The zero-order valence-electron chi connectivity index (χ0n) is 8.31. The fourth-order valence-electron chi connectivity index (χ4n) is 1.75. The van der Waals surface area contributed by atoms with Crippen LogP contribution in [-0.4, -0.2) is 33.3 Å². The molecule has 0 bridgehead atoms. The van der Waals surface area contributed by atoms with Crippen LogP contribution in [0.1, 0.15) is 25.0 Å². The normalized spacial score (nSPS) is 28.7. The van der Waals surface area contributed by atoms with Crippen molar-refractivity contribution in [2.24, 2.45) is 7.05 Å². The molecule has 1 aromatic rings. The summed E-state index contributed by atoms with van der Waals surface area (Å²) in [5, 5.41) is 18.1. The second-order valence-corrected chi connectivity index (χ2v) is 3.77. The van der Waals surface area contributed by atoms with Crippen LogP contribution in [0, 0.1) is 0 Å². The average molecular weight is 197 g/mol. The molecule has 5 heteroatoms. The third kappa shape index (κ3) is 1.78. The molecule has 1 saturated heterocycles. The highest BCUT2D eigenvalue weighted by atomic mass is 16.5. The molecule has 0 saturated carbocycles. The molecule has 0 aromatic carbocycles. The van der Waals surface area contributed by atoms with Crippen LogP contribution in [0.4, 0.5) is 0 Å². The number of hydrogen-bond donors (Lipinski definition) is 1. The van der Waals surface area contributed by atoms with E-state index in [1.54, 1.807) is 17.9 Å². The second-order valence-electron chi connectivity index (χ2n) is 3.77. The van der Waals surface area contributed by atoms with Gasteiger partial charge in [-0.15, -0.1) is 5.10 Å². The lowest BCUT2D eigenvalue weighted by Crippen LogP contribution is -2.26. The Morgan fingerprint density at radius 2 is 2.36 bits per heavy atom. The van der Waals surface area contributed by atoms with Crippen LogP contribution in [0.25, 0.3) is 0 Å². The highest BCUT2D eigenvalue weighted by Gasteiger charge is 2.33. The van der Waals surface area contributed by atoms with Crippen molar-refractivity contribution in [3.05, 3.63) is 11.9 Å². The van der Waals surface area contributed by atoms with Crippen LogP contribution >= 0.6 is 0 Å². The van der Waals surface area contributed by atoms with Gasteiger partial charge in [-0.3, -0.25) is 4.68 Å². The molecule has 0 spiro atoms. The summed E-state index contributed by atoms with van der Waals surface area (Å²) in [5.41, 5.74) is -0.185. The zero-order valence-corrected chi connectivity index (χ0v) is 8.31. The SMILES string of the molecule is Cn1cc(C2(O)CCCOCC2)nn1. The Balaban J connectivity index is 2.20. The van der Waals surface area contributed by atoms with Gasteiger partial charge in [-0.1, -0.05) is 5.21 Å². The minimum Gasteiger partial charge on any atom is -0.383 e. The van der Waals surface area contributed by atoms with E-state index in [1.807, 2.05) is 0 Å². The summed E-state index contributed by atoms with van der Waals surface area (Å²) in [5.74, 6) is 0. The summed E-state index contributed by atoms with van der Waals surface area (Å²) in [7, 11) is 1.80. The summed E-state index contributed by atoms with van der Waals surface area (Å²) in [6, 6.07) is 0. The third-order valence-electron chi connectivity index (χ3n) is 2.62. The van der Waals surface area contributed by atoms with Gasteiger partial charge in [0.1, 0.15) is 11.3 Å². The van der Waals surface area contributed by atoms with E-state index in [4.69, 9.17) is 4.74 Å². The van der Waals surface area contributed by atoms with Crippen molar-refractivity contribution in [2.45, 2.75) is 24.9 Å². The lowest BCUT2D eigenvalue weighted by atomic mass is 9.92. The molecule has 1 aromatic heterocycles. The Kier molecular flexibility index (Phi) is 2.52. The van der Waals surface area contributed by atoms with Crippen LogP contribution in [0.2, 0.25) is 0 Å². The van der Waals surface area contributed by atoms with Crippen molar-refractivity contribution in [3.63, 3.8) is 0 Å². The van der Waals surface area contributed by atoms with Gasteiger partial charge in [-0.2, -0.15) is 0 Å². The Labute approximate surface area is 82.7 Å². The molecule has 1 aliphatic heterocycles. The molecule has 78 valence electrons. The number of aromatic nitrogens is 3. The fraction of sp³-hybridized carbons (Fsp3) is 0.778. The quantitative estimate of drug-likeness (QED) is 0.698. The summed E-state index contributed by atoms with van der Waals surface area (Å²) in [4.78, 5) is 0. The van der Waals surface area contributed by atoms with Gasteiger partial charge in [0, 0.05) is 26.7 Å². The molecule has 1 N–H and O–H groups in total. The maximum Gasteiger partial charge on any atom is 0.114 e. The number of rotatable bonds is 1. The van der Waals surface area contributed by atoms with E-state index in [2.05, 4.69) is 10.3 Å². The third-order valence-corrected chi connectivity index (χ3v) is 2.62. The van der Waals surface area contributed by atoms with E-state index in [1.165, 1.54) is 0 Å². The van der Waals surface area contributed by atoms with E-state index in [9.17, 15) is 5.11 Å². The van der Waals surface area contributed by atoms with Crippen molar-refractivity contribution in [3.8, 4) is 0 Å². The first kappa shape index (κ1) is 9.61. The highest BCUT2D eigenvalue weighted by molar-refractivity contribution is 5.07. The van der Waals surface area contributed by atoms with Crippen LogP contribution in [0.5, 0.6) is 0 Å². The number of aliphatic hydroxyl groups is 1. The molecule has 2 heterocycles. The number of ether oxygens (including phenoxy) is 1. The lowest BCUT2D eigenvalue weighted by Gasteiger charge is -2.22. The minimum atomic E-state index is -0.842. The van der Waals surface area contributed by atoms with Crippen molar-refractivity contribution in [1.82, 2.24) is 15.0 Å². The summed E-state index contributed by atoms with van der Waals surface area (Å²) < 4.78 is 6.91. The van der Waals surface area contributed by atoms with Crippen LogP contribution in [0.3, 0.4) is 0 Å². The Morgan fingerprint density at radius 1 is 1.50 bits per heavy atom. The zero-order chi connectivity index (χ0) is 10.0.